The number of benzene rings is 1. The lowest BCUT2D eigenvalue weighted by Gasteiger charge is -2.06. The monoisotopic (exact) mass is 275 g/mol. The zero-order valence-electron chi connectivity index (χ0n) is 11.7. The molecule has 1 heterocycles. The maximum Gasteiger partial charge on any atom is 0.295 e. The number of aromatic nitrogens is 3. The Hall–Kier alpha value is -2.28. The molecule has 20 heavy (non-hydrogen) atoms. The average Bonchev–Trinajstić information content (AvgIpc) is 2.89. The van der Waals surface area contributed by atoms with E-state index < -0.39 is 4.92 Å². The summed E-state index contributed by atoms with van der Waals surface area (Å²) in [7, 11) is 0. The largest absolute Gasteiger partial charge is 0.323 e. The van der Waals surface area contributed by atoms with Gasteiger partial charge in [-0.15, -0.1) is 5.10 Å². The van der Waals surface area contributed by atoms with Crippen molar-refractivity contribution in [3.8, 4) is 5.69 Å². The number of nitro benzene ring substituents is 1. The lowest BCUT2D eigenvalue weighted by Crippen LogP contribution is -2.08. The molecule has 0 aliphatic carbocycles. The summed E-state index contributed by atoms with van der Waals surface area (Å²) >= 11 is 0. The van der Waals surface area contributed by atoms with Gasteiger partial charge in [-0.05, 0) is 37.5 Å². The summed E-state index contributed by atoms with van der Waals surface area (Å²) in [5.41, 5.74) is 8.75. The molecular formula is C13H17N5O2. The van der Waals surface area contributed by atoms with Crippen molar-refractivity contribution >= 4 is 5.69 Å². The Morgan fingerprint density at radius 3 is 2.65 bits per heavy atom. The molecule has 2 aromatic rings. The van der Waals surface area contributed by atoms with Gasteiger partial charge in [0.2, 0.25) is 0 Å². The van der Waals surface area contributed by atoms with E-state index in [-0.39, 0.29) is 11.7 Å². The highest BCUT2D eigenvalue weighted by molar-refractivity contribution is 5.56. The number of rotatable bonds is 4. The minimum absolute atomic E-state index is 0.00891. The van der Waals surface area contributed by atoms with Crippen LogP contribution in [0.15, 0.2) is 18.3 Å². The minimum atomic E-state index is -0.414. The molecule has 1 unspecified atom stereocenters. The SMILES string of the molecule is CCC(N)c1cn(-c2cc(C)c(C)cc2[N+](=O)[O-])nn1. The van der Waals surface area contributed by atoms with Gasteiger partial charge in [0.25, 0.3) is 5.69 Å². The van der Waals surface area contributed by atoms with Gasteiger partial charge in [-0.3, -0.25) is 10.1 Å². The van der Waals surface area contributed by atoms with E-state index in [0.29, 0.717) is 11.4 Å². The van der Waals surface area contributed by atoms with Gasteiger partial charge in [-0.2, -0.15) is 0 Å². The topological polar surface area (TPSA) is 99.9 Å². The standard InChI is InChI=1S/C13H17N5O2/c1-4-10(14)11-7-17(16-15-11)12-5-8(2)9(3)6-13(12)18(19)20/h5-7,10H,4,14H2,1-3H3. The molecule has 2 rings (SSSR count). The number of nitro groups is 1. The van der Waals surface area contributed by atoms with E-state index in [9.17, 15) is 10.1 Å². The first-order valence-electron chi connectivity index (χ1n) is 6.37. The molecule has 7 nitrogen and oxygen atoms in total. The Morgan fingerprint density at radius 2 is 2.05 bits per heavy atom. The molecule has 0 bridgehead atoms. The Labute approximate surface area is 116 Å². The molecule has 0 saturated heterocycles. The van der Waals surface area contributed by atoms with E-state index in [4.69, 9.17) is 5.73 Å². The first kappa shape index (κ1) is 14.1. The van der Waals surface area contributed by atoms with Gasteiger partial charge in [0.05, 0.1) is 22.9 Å². The molecule has 7 heteroatoms. The molecule has 0 aliphatic rings. The summed E-state index contributed by atoms with van der Waals surface area (Å²) in [5, 5.41) is 19.1. The molecule has 1 aromatic carbocycles. The highest BCUT2D eigenvalue weighted by Crippen LogP contribution is 2.26. The van der Waals surface area contributed by atoms with Gasteiger partial charge in [0.1, 0.15) is 5.69 Å². The predicted octanol–water partition coefficient (Wildman–Crippen LogP) is 2.20. The van der Waals surface area contributed by atoms with E-state index in [1.807, 2.05) is 20.8 Å². The molecule has 1 aromatic heterocycles. The maximum absolute atomic E-state index is 11.2. The van der Waals surface area contributed by atoms with Crippen LogP contribution < -0.4 is 5.73 Å². The van der Waals surface area contributed by atoms with Crippen molar-refractivity contribution in [1.29, 1.82) is 0 Å². The smallest absolute Gasteiger partial charge is 0.295 e. The maximum atomic E-state index is 11.2. The van der Waals surface area contributed by atoms with Gasteiger partial charge in [0, 0.05) is 6.07 Å². The molecule has 0 saturated carbocycles. The molecule has 0 radical (unpaired) electrons. The molecule has 0 aliphatic heterocycles. The van der Waals surface area contributed by atoms with Crippen LogP contribution in [-0.4, -0.2) is 19.9 Å². The number of hydrogen-bond donors (Lipinski definition) is 1. The van der Waals surface area contributed by atoms with Crippen molar-refractivity contribution in [2.24, 2.45) is 5.73 Å². The van der Waals surface area contributed by atoms with Crippen molar-refractivity contribution in [2.75, 3.05) is 0 Å². The van der Waals surface area contributed by atoms with Crippen LogP contribution in [0.25, 0.3) is 5.69 Å². The summed E-state index contributed by atoms with van der Waals surface area (Å²) in [6.07, 6.45) is 2.37. The van der Waals surface area contributed by atoms with Crippen molar-refractivity contribution in [3.05, 3.63) is 45.3 Å². The molecule has 0 amide bonds. The average molecular weight is 275 g/mol. The quantitative estimate of drug-likeness (QED) is 0.681. The fourth-order valence-corrected chi connectivity index (χ4v) is 1.89. The first-order valence-corrected chi connectivity index (χ1v) is 6.37. The second-order valence-electron chi connectivity index (χ2n) is 4.79. The van der Waals surface area contributed by atoms with E-state index in [2.05, 4.69) is 10.3 Å². The third-order valence-corrected chi connectivity index (χ3v) is 3.37. The Balaban J connectivity index is 2.54. The minimum Gasteiger partial charge on any atom is -0.323 e. The Bertz CT molecular complexity index is 650. The van der Waals surface area contributed by atoms with Crippen molar-refractivity contribution in [3.63, 3.8) is 0 Å². The fourth-order valence-electron chi connectivity index (χ4n) is 1.89. The van der Waals surface area contributed by atoms with E-state index in [1.54, 1.807) is 18.3 Å². The summed E-state index contributed by atoms with van der Waals surface area (Å²) in [4.78, 5) is 10.8. The van der Waals surface area contributed by atoms with E-state index in [1.165, 1.54) is 4.68 Å². The van der Waals surface area contributed by atoms with Gasteiger partial charge in [0.15, 0.2) is 0 Å². The van der Waals surface area contributed by atoms with Crippen LogP contribution in [0, 0.1) is 24.0 Å². The van der Waals surface area contributed by atoms with Gasteiger partial charge < -0.3 is 5.73 Å². The zero-order chi connectivity index (χ0) is 14.9. The second kappa shape index (κ2) is 5.38. The highest BCUT2D eigenvalue weighted by atomic mass is 16.6. The van der Waals surface area contributed by atoms with Crippen molar-refractivity contribution in [2.45, 2.75) is 33.2 Å². The molecule has 0 spiro atoms. The first-order chi connectivity index (χ1) is 9.43. The number of aryl methyl sites for hydroxylation is 2. The lowest BCUT2D eigenvalue weighted by atomic mass is 10.1. The molecule has 0 fully saturated rings. The van der Waals surface area contributed by atoms with Crippen LogP contribution in [0.3, 0.4) is 0 Å². The van der Waals surface area contributed by atoms with Crippen LogP contribution in [0.2, 0.25) is 0 Å². The van der Waals surface area contributed by atoms with Crippen molar-refractivity contribution < 1.29 is 4.92 Å². The Morgan fingerprint density at radius 1 is 1.40 bits per heavy atom. The molecule has 2 N–H and O–H groups in total. The number of hydrogen-bond acceptors (Lipinski definition) is 5. The van der Waals surface area contributed by atoms with Crippen LogP contribution in [-0.2, 0) is 0 Å². The van der Waals surface area contributed by atoms with Gasteiger partial charge in [-0.1, -0.05) is 12.1 Å². The van der Waals surface area contributed by atoms with Crippen LogP contribution >= 0.6 is 0 Å². The summed E-state index contributed by atoms with van der Waals surface area (Å²) in [6.45, 7) is 5.69. The van der Waals surface area contributed by atoms with E-state index >= 15 is 0 Å². The summed E-state index contributed by atoms with van der Waals surface area (Å²) in [5.74, 6) is 0. The summed E-state index contributed by atoms with van der Waals surface area (Å²) < 4.78 is 1.41. The normalized spacial score (nSPS) is 12.4. The number of nitrogens with two attached hydrogens (primary N) is 1. The molecule has 106 valence electrons. The highest BCUT2D eigenvalue weighted by Gasteiger charge is 2.19. The molecular weight excluding hydrogens is 258 g/mol. The van der Waals surface area contributed by atoms with Crippen LogP contribution in [0.5, 0.6) is 0 Å². The van der Waals surface area contributed by atoms with Gasteiger partial charge >= 0.3 is 0 Å². The zero-order valence-corrected chi connectivity index (χ0v) is 11.7. The third kappa shape index (κ3) is 2.53. The van der Waals surface area contributed by atoms with Crippen LogP contribution in [0.4, 0.5) is 5.69 Å². The lowest BCUT2D eigenvalue weighted by molar-refractivity contribution is -0.384. The third-order valence-electron chi connectivity index (χ3n) is 3.37. The predicted molar refractivity (Wildman–Crippen MR) is 74.7 cm³/mol. The number of nitrogens with zero attached hydrogens (tertiary/aromatic N) is 4. The Kier molecular flexibility index (Phi) is 3.80. The van der Waals surface area contributed by atoms with Gasteiger partial charge in [-0.25, -0.2) is 4.68 Å². The fraction of sp³-hybridized carbons (Fsp3) is 0.385. The second-order valence-corrected chi connectivity index (χ2v) is 4.79. The summed E-state index contributed by atoms with van der Waals surface area (Å²) in [6, 6.07) is 3.07. The van der Waals surface area contributed by atoms with Crippen LogP contribution in [0.1, 0.15) is 36.2 Å². The van der Waals surface area contributed by atoms with E-state index in [0.717, 1.165) is 17.5 Å². The van der Waals surface area contributed by atoms with Crippen molar-refractivity contribution in [1.82, 2.24) is 15.0 Å². The molecule has 1 atom stereocenters.